The van der Waals surface area contributed by atoms with Crippen molar-refractivity contribution in [3.05, 3.63) is 24.3 Å². The molecular formula is C11H13NO4. The Bertz CT molecular complexity index is 401. The number of carbonyl (C=O) groups excluding carboxylic acids is 1. The fourth-order valence-corrected chi connectivity index (χ4v) is 1.10. The van der Waals surface area contributed by atoms with Crippen LogP contribution in [0.5, 0.6) is 5.75 Å². The summed E-state index contributed by atoms with van der Waals surface area (Å²) < 4.78 is 5.42. The van der Waals surface area contributed by atoms with Crippen molar-refractivity contribution in [3.63, 3.8) is 0 Å². The maximum absolute atomic E-state index is 11.0. The Hall–Kier alpha value is -2.04. The summed E-state index contributed by atoms with van der Waals surface area (Å²) in [5.41, 5.74) is 0.351. The number of nitrogens with one attached hydrogen (secondary N) is 1. The van der Waals surface area contributed by atoms with E-state index in [-0.39, 0.29) is 6.10 Å². The van der Waals surface area contributed by atoms with E-state index in [0.717, 1.165) is 0 Å². The molecule has 0 unspecified atom stereocenters. The summed E-state index contributed by atoms with van der Waals surface area (Å²) in [6, 6.07) is 6.68. The second-order valence-corrected chi connectivity index (χ2v) is 3.42. The van der Waals surface area contributed by atoms with Gasteiger partial charge >= 0.3 is 11.9 Å². The normalized spacial score (nSPS) is 9.94. The predicted molar refractivity (Wildman–Crippen MR) is 58.5 cm³/mol. The van der Waals surface area contributed by atoms with Crippen LogP contribution >= 0.6 is 0 Å². The van der Waals surface area contributed by atoms with Crippen molar-refractivity contribution in [3.8, 4) is 5.75 Å². The molecule has 0 aliphatic rings. The number of anilines is 1. The Balaban J connectivity index is 2.86. The van der Waals surface area contributed by atoms with Gasteiger partial charge in [-0.05, 0) is 26.0 Å². The Kier molecular flexibility index (Phi) is 3.88. The number of aliphatic carboxylic acids is 1. The van der Waals surface area contributed by atoms with Crippen molar-refractivity contribution >= 4 is 17.6 Å². The molecule has 0 aliphatic carbocycles. The van der Waals surface area contributed by atoms with Crippen molar-refractivity contribution in [2.75, 3.05) is 5.32 Å². The molecule has 0 spiro atoms. The highest BCUT2D eigenvalue weighted by molar-refractivity contribution is 6.36. The van der Waals surface area contributed by atoms with Gasteiger partial charge in [-0.25, -0.2) is 4.79 Å². The van der Waals surface area contributed by atoms with Gasteiger partial charge in [0.2, 0.25) is 0 Å². The van der Waals surface area contributed by atoms with Gasteiger partial charge in [-0.3, -0.25) is 4.79 Å². The highest BCUT2D eigenvalue weighted by Gasteiger charge is 2.14. The minimum atomic E-state index is -1.53. The van der Waals surface area contributed by atoms with E-state index in [0.29, 0.717) is 11.4 Å². The van der Waals surface area contributed by atoms with Crippen LogP contribution in [0.1, 0.15) is 13.8 Å². The average molecular weight is 223 g/mol. The summed E-state index contributed by atoms with van der Waals surface area (Å²) in [6.07, 6.45) is -0.0529. The molecule has 0 aliphatic heterocycles. The minimum absolute atomic E-state index is 0.0529. The maximum Gasteiger partial charge on any atom is 0.394 e. The number of carboxylic acids is 1. The first-order chi connectivity index (χ1) is 7.50. The standard InChI is InChI=1S/C11H13NO4/c1-7(2)16-9-6-4-3-5-8(9)12-10(13)11(14)15/h3-7H,1-2H3,(H,12,13)(H,14,15). The lowest BCUT2D eigenvalue weighted by molar-refractivity contribution is -0.147. The molecule has 1 amide bonds. The molecule has 0 aromatic heterocycles. The van der Waals surface area contributed by atoms with E-state index in [4.69, 9.17) is 9.84 Å². The van der Waals surface area contributed by atoms with Gasteiger partial charge in [0.15, 0.2) is 0 Å². The third kappa shape index (κ3) is 3.27. The van der Waals surface area contributed by atoms with Crippen LogP contribution in [0.3, 0.4) is 0 Å². The van der Waals surface area contributed by atoms with E-state index in [1.54, 1.807) is 24.3 Å². The van der Waals surface area contributed by atoms with E-state index in [9.17, 15) is 9.59 Å². The molecule has 0 atom stereocenters. The molecule has 1 aromatic rings. The van der Waals surface area contributed by atoms with Gasteiger partial charge in [0.25, 0.3) is 0 Å². The van der Waals surface area contributed by atoms with Gasteiger partial charge in [-0.2, -0.15) is 0 Å². The first-order valence-corrected chi connectivity index (χ1v) is 4.80. The lowest BCUT2D eigenvalue weighted by Crippen LogP contribution is -2.22. The number of hydrogen-bond donors (Lipinski definition) is 2. The third-order valence-corrected chi connectivity index (χ3v) is 1.69. The molecule has 0 heterocycles. The summed E-state index contributed by atoms with van der Waals surface area (Å²) in [5.74, 6) is -2.16. The first-order valence-electron chi connectivity index (χ1n) is 4.80. The lowest BCUT2D eigenvalue weighted by atomic mass is 10.3. The smallest absolute Gasteiger partial charge is 0.394 e. The van der Waals surface area contributed by atoms with Crippen molar-refractivity contribution in [1.82, 2.24) is 0 Å². The summed E-state index contributed by atoms with van der Waals surface area (Å²) in [7, 11) is 0. The largest absolute Gasteiger partial charge is 0.489 e. The second-order valence-electron chi connectivity index (χ2n) is 3.42. The third-order valence-electron chi connectivity index (χ3n) is 1.69. The Morgan fingerprint density at radius 1 is 1.31 bits per heavy atom. The minimum Gasteiger partial charge on any atom is -0.489 e. The number of ether oxygens (including phenoxy) is 1. The van der Waals surface area contributed by atoms with Crippen LogP contribution in [0.15, 0.2) is 24.3 Å². The summed E-state index contributed by atoms with van der Waals surface area (Å²) in [6.45, 7) is 3.69. The summed E-state index contributed by atoms with van der Waals surface area (Å²) in [4.78, 5) is 21.4. The molecule has 0 bridgehead atoms. The van der Waals surface area contributed by atoms with Crippen LogP contribution < -0.4 is 10.1 Å². The molecule has 5 heteroatoms. The van der Waals surface area contributed by atoms with Gasteiger partial charge in [0, 0.05) is 0 Å². The van der Waals surface area contributed by atoms with Crippen LogP contribution in [0.4, 0.5) is 5.69 Å². The van der Waals surface area contributed by atoms with Crippen molar-refractivity contribution < 1.29 is 19.4 Å². The highest BCUT2D eigenvalue weighted by Crippen LogP contribution is 2.24. The monoisotopic (exact) mass is 223 g/mol. The highest BCUT2D eigenvalue weighted by atomic mass is 16.5. The van der Waals surface area contributed by atoms with Crippen LogP contribution in [0.25, 0.3) is 0 Å². The van der Waals surface area contributed by atoms with E-state index >= 15 is 0 Å². The molecule has 86 valence electrons. The van der Waals surface area contributed by atoms with Crippen molar-refractivity contribution in [2.24, 2.45) is 0 Å². The summed E-state index contributed by atoms with van der Waals surface area (Å²) in [5, 5.41) is 10.7. The fraction of sp³-hybridized carbons (Fsp3) is 0.273. The Morgan fingerprint density at radius 2 is 1.94 bits per heavy atom. The topological polar surface area (TPSA) is 75.6 Å². The fourth-order valence-electron chi connectivity index (χ4n) is 1.10. The zero-order valence-electron chi connectivity index (χ0n) is 9.06. The number of para-hydroxylation sites is 2. The average Bonchev–Trinajstić information content (AvgIpc) is 2.20. The Morgan fingerprint density at radius 3 is 2.50 bits per heavy atom. The summed E-state index contributed by atoms with van der Waals surface area (Å²) >= 11 is 0. The van der Waals surface area contributed by atoms with Gasteiger partial charge < -0.3 is 15.2 Å². The number of benzene rings is 1. The molecule has 0 saturated carbocycles. The predicted octanol–water partition coefficient (Wildman–Crippen LogP) is 1.50. The number of hydrogen-bond acceptors (Lipinski definition) is 3. The van der Waals surface area contributed by atoms with E-state index < -0.39 is 11.9 Å². The number of carboxylic acid groups (broad SMARTS) is 1. The molecule has 0 radical (unpaired) electrons. The Labute approximate surface area is 93.0 Å². The molecule has 2 N–H and O–H groups in total. The second kappa shape index (κ2) is 5.16. The van der Waals surface area contributed by atoms with Crippen LogP contribution in [-0.4, -0.2) is 23.1 Å². The van der Waals surface area contributed by atoms with Crippen LogP contribution in [0.2, 0.25) is 0 Å². The van der Waals surface area contributed by atoms with Crippen molar-refractivity contribution in [1.29, 1.82) is 0 Å². The lowest BCUT2D eigenvalue weighted by Gasteiger charge is -2.13. The van der Waals surface area contributed by atoms with Crippen molar-refractivity contribution in [2.45, 2.75) is 20.0 Å². The molecular weight excluding hydrogens is 210 g/mol. The van der Waals surface area contributed by atoms with Crippen LogP contribution in [0, 0.1) is 0 Å². The maximum atomic E-state index is 11.0. The van der Waals surface area contributed by atoms with Gasteiger partial charge in [0.1, 0.15) is 5.75 Å². The van der Waals surface area contributed by atoms with Crippen LogP contribution in [-0.2, 0) is 9.59 Å². The number of amides is 1. The molecule has 16 heavy (non-hydrogen) atoms. The zero-order valence-corrected chi connectivity index (χ0v) is 9.06. The van der Waals surface area contributed by atoms with Gasteiger partial charge in [-0.1, -0.05) is 12.1 Å². The molecule has 1 aromatic carbocycles. The zero-order chi connectivity index (χ0) is 12.1. The first kappa shape index (κ1) is 12.0. The quantitative estimate of drug-likeness (QED) is 0.761. The van der Waals surface area contributed by atoms with E-state index in [1.807, 2.05) is 13.8 Å². The van der Waals surface area contributed by atoms with Gasteiger partial charge in [0.05, 0.1) is 11.8 Å². The molecule has 1 rings (SSSR count). The molecule has 0 fully saturated rings. The molecule has 0 saturated heterocycles. The number of rotatable bonds is 3. The van der Waals surface area contributed by atoms with Gasteiger partial charge in [-0.15, -0.1) is 0 Å². The molecule has 5 nitrogen and oxygen atoms in total. The van der Waals surface area contributed by atoms with E-state index in [2.05, 4.69) is 5.32 Å². The van der Waals surface area contributed by atoms with E-state index in [1.165, 1.54) is 0 Å². The SMILES string of the molecule is CC(C)Oc1ccccc1NC(=O)C(=O)O. The number of carbonyl (C=O) groups is 2.